The summed E-state index contributed by atoms with van der Waals surface area (Å²) in [7, 11) is 14.4. The van der Waals surface area contributed by atoms with Crippen LogP contribution in [0.5, 0.6) is 0 Å². The third-order valence-electron chi connectivity index (χ3n) is 7.26. The molecule has 0 spiro atoms. The molecule has 2 fully saturated rings. The summed E-state index contributed by atoms with van der Waals surface area (Å²) in [5.41, 5.74) is -0.937. The van der Waals surface area contributed by atoms with Crippen LogP contribution >= 0.6 is 0 Å². The molecular formula is C33H44BF3N2O3. The Hall–Kier alpha value is -2.69. The van der Waals surface area contributed by atoms with Crippen LogP contribution in [0.2, 0.25) is 0 Å². The van der Waals surface area contributed by atoms with Gasteiger partial charge in [0.2, 0.25) is 0 Å². The Morgan fingerprint density at radius 1 is 0.714 bits per heavy atom. The molecule has 0 radical (unpaired) electrons. The lowest BCUT2D eigenvalue weighted by atomic mass is 9.55. The molecule has 2 saturated carbocycles. The molecule has 2 aliphatic carbocycles. The Morgan fingerprint density at radius 3 is 1.55 bits per heavy atom. The zero-order valence-electron chi connectivity index (χ0n) is 26.0. The average molecular weight is 585 g/mol. The predicted molar refractivity (Wildman–Crippen MR) is 158 cm³/mol. The number of hydrogen-bond acceptors (Lipinski definition) is 3. The molecule has 2 aliphatic rings. The smallest absolute Gasteiger partial charge is 0.123 e. The summed E-state index contributed by atoms with van der Waals surface area (Å²) in [6.07, 6.45) is 1.40. The van der Waals surface area contributed by atoms with Crippen molar-refractivity contribution < 1.29 is 36.8 Å². The van der Waals surface area contributed by atoms with Gasteiger partial charge in [0, 0.05) is 5.92 Å². The van der Waals surface area contributed by atoms with Crippen LogP contribution in [0.1, 0.15) is 41.9 Å². The third kappa shape index (κ3) is 8.02. The van der Waals surface area contributed by atoms with Crippen LogP contribution < -0.4 is 10.0 Å². The minimum absolute atomic E-state index is 0.0675. The highest BCUT2D eigenvalue weighted by atomic mass is 19.1. The normalized spacial score (nSPS) is 22.5. The minimum atomic E-state index is -2.57. The van der Waals surface area contributed by atoms with Crippen molar-refractivity contribution in [2.24, 2.45) is 5.92 Å². The first kappa shape index (κ1) is 33.8. The molecule has 0 saturated heterocycles. The lowest BCUT2D eigenvalue weighted by Gasteiger charge is -2.55. The number of nitrogens with zero attached hydrogens (tertiary/aromatic N) is 2. The SMILES string of the molecule is C[N+](C)(C)C.C[N+](C)(C)C.[O-]B([O-])OC12CCC(C1)C(c1cccc(F)c1)C2(c1cccc(F)c1)c1cccc(F)c1. The van der Waals surface area contributed by atoms with Gasteiger partial charge in [-0.2, -0.15) is 0 Å². The fourth-order valence-corrected chi connectivity index (χ4v) is 6.45. The zero-order valence-corrected chi connectivity index (χ0v) is 26.0. The zero-order chi connectivity index (χ0) is 31.5. The van der Waals surface area contributed by atoms with Crippen molar-refractivity contribution in [1.29, 1.82) is 0 Å². The van der Waals surface area contributed by atoms with E-state index in [1.54, 1.807) is 36.4 Å². The summed E-state index contributed by atoms with van der Waals surface area (Å²) in [5.74, 6) is -1.96. The fourth-order valence-electron chi connectivity index (χ4n) is 6.45. The van der Waals surface area contributed by atoms with E-state index in [2.05, 4.69) is 56.4 Å². The van der Waals surface area contributed by atoms with Gasteiger partial charge in [-0.25, -0.2) is 13.2 Å². The molecule has 5 rings (SSSR count). The second kappa shape index (κ2) is 12.9. The molecule has 2 bridgehead atoms. The molecule has 0 aliphatic heterocycles. The first-order valence-electron chi connectivity index (χ1n) is 14.2. The summed E-state index contributed by atoms with van der Waals surface area (Å²) in [6, 6.07) is 17.9. The molecule has 0 N–H and O–H groups in total. The monoisotopic (exact) mass is 584 g/mol. The Kier molecular flexibility index (Phi) is 10.4. The number of fused-ring (bicyclic) bond motifs is 2. The Labute approximate surface area is 249 Å². The number of hydrogen-bond donors (Lipinski definition) is 0. The van der Waals surface area contributed by atoms with E-state index in [4.69, 9.17) is 4.65 Å². The molecule has 9 heteroatoms. The van der Waals surface area contributed by atoms with Crippen LogP contribution in [0.3, 0.4) is 0 Å². The van der Waals surface area contributed by atoms with Crippen LogP contribution in [0, 0.1) is 23.4 Å². The Morgan fingerprint density at radius 2 is 1.14 bits per heavy atom. The summed E-state index contributed by atoms with van der Waals surface area (Å²) in [5, 5.41) is 23.7. The average Bonchev–Trinajstić information content (AvgIpc) is 3.36. The minimum Gasteiger partial charge on any atom is -0.871 e. The fraction of sp³-hybridized carbons (Fsp3) is 0.455. The highest BCUT2D eigenvalue weighted by Crippen LogP contribution is 2.70. The molecule has 5 nitrogen and oxygen atoms in total. The first-order valence-corrected chi connectivity index (χ1v) is 14.2. The lowest BCUT2D eigenvalue weighted by Crippen LogP contribution is -2.61. The Bertz CT molecular complexity index is 1270. The van der Waals surface area contributed by atoms with E-state index < -0.39 is 41.7 Å². The molecular weight excluding hydrogens is 540 g/mol. The van der Waals surface area contributed by atoms with Crippen molar-refractivity contribution in [2.75, 3.05) is 56.4 Å². The summed E-state index contributed by atoms with van der Waals surface area (Å²) in [6.45, 7) is 0. The van der Waals surface area contributed by atoms with Crippen LogP contribution in [-0.2, 0) is 10.1 Å². The van der Waals surface area contributed by atoms with Gasteiger partial charge in [-0.15, -0.1) is 0 Å². The molecule has 42 heavy (non-hydrogen) atoms. The van der Waals surface area contributed by atoms with Crippen molar-refractivity contribution in [1.82, 2.24) is 0 Å². The molecule has 0 heterocycles. The first-order chi connectivity index (χ1) is 19.4. The number of halogens is 3. The van der Waals surface area contributed by atoms with Gasteiger partial charge in [-0.3, -0.25) is 0 Å². The van der Waals surface area contributed by atoms with E-state index >= 15 is 0 Å². The summed E-state index contributed by atoms with van der Waals surface area (Å²) < 4.78 is 50.9. The van der Waals surface area contributed by atoms with E-state index in [1.165, 1.54) is 36.4 Å². The highest BCUT2D eigenvalue weighted by molar-refractivity contribution is 6.28. The van der Waals surface area contributed by atoms with Gasteiger partial charge in [-0.05, 0) is 78.3 Å². The number of benzene rings is 3. The predicted octanol–water partition coefficient (Wildman–Crippen LogP) is 4.09. The number of rotatable bonds is 5. The lowest BCUT2D eigenvalue weighted by molar-refractivity contribution is -0.849. The van der Waals surface area contributed by atoms with Gasteiger partial charge in [0.15, 0.2) is 0 Å². The van der Waals surface area contributed by atoms with Crippen LogP contribution in [0.4, 0.5) is 13.2 Å². The van der Waals surface area contributed by atoms with Gasteiger partial charge in [-0.1, -0.05) is 36.4 Å². The topological polar surface area (TPSA) is 55.3 Å². The molecule has 3 aromatic rings. The van der Waals surface area contributed by atoms with E-state index in [1.807, 2.05) is 0 Å². The van der Waals surface area contributed by atoms with Crippen LogP contribution in [0.15, 0.2) is 72.8 Å². The second-order valence-electron chi connectivity index (χ2n) is 14.1. The van der Waals surface area contributed by atoms with Crippen molar-refractivity contribution >= 4 is 7.32 Å². The summed E-state index contributed by atoms with van der Waals surface area (Å²) in [4.78, 5) is 0. The largest absolute Gasteiger partial charge is 0.871 e. The van der Waals surface area contributed by atoms with E-state index in [0.717, 1.165) is 8.97 Å². The maximum Gasteiger partial charge on any atom is 0.123 e. The van der Waals surface area contributed by atoms with Gasteiger partial charge in [0.05, 0.1) is 74.7 Å². The molecule has 228 valence electrons. The Balaban J connectivity index is 0.000000420. The summed E-state index contributed by atoms with van der Waals surface area (Å²) >= 11 is 0. The van der Waals surface area contributed by atoms with Crippen LogP contribution in [0.25, 0.3) is 0 Å². The van der Waals surface area contributed by atoms with Crippen molar-refractivity contribution in [3.63, 3.8) is 0 Å². The molecule has 0 amide bonds. The molecule has 3 atom stereocenters. The van der Waals surface area contributed by atoms with E-state index in [-0.39, 0.29) is 5.92 Å². The van der Waals surface area contributed by atoms with E-state index in [9.17, 15) is 23.2 Å². The number of quaternary nitrogens is 2. The maximum absolute atomic E-state index is 14.5. The molecule has 0 aromatic heterocycles. The van der Waals surface area contributed by atoms with Gasteiger partial charge in [0.25, 0.3) is 0 Å². The van der Waals surface area contributed by atoms with Gasteiger partial charge in [0.1, 0.15) is 17.5 Å². The third-order valence-corrected chi connectivity index (χ3v) is 7.26. The highest BCUT2D eigenvalue weighted by Gasteiger charge is 2.69. The van der Waals surface area contributed by atoms with Crippen molar-refractivity contribution in [2.45, 2.75) is 36.2 Å². The van der Waals surface area contributed by atoms with E-state index in [0.29, 0.717) is 36.0 Å². The van der Waals surface area contributed by atoms with Crippen molar-refractivity contribution in [3.05, 3.63) is 107 Å². The molecule has 3 aromatic carbocycles. The quantitative estimate of drug-likeness (QED) is 0.336. The molecule has 3 unspecified atom stereocenters. The van der Waals surface area contributed by atoms with Gasteiger partial charge >= 0.3 is 0 Å². The maximum atomic E-state index is 14.5. The van der Waals surface area contributed by atoms with Gasteiger partial charge < -0.3 is 23.7 Å². The van der Waals surface area contributed by atoms with Crippen molar-refractivity contribution in [3.8, 4) is 0 Å². The standard InChI is InChI=1S/C25H20BF3O3.2C4H12N/c27-20-7-1-4-16(12-20)23-17-10-11-24(15-17,32-26(30)31)25(23,18-5-2-8-21(28)13-18)19-6-3-9-22(29)14-19;2*1-5(2,3)4/h1-9,12-14,17,23H,10-11,15H2;2*1-4H3/q-2;2*+1. The second-order valence-corrected chi connectivity index (χ2v) is 14.1. The van der Waals surface area contributed by atoms with Crippen LogP contribution in [-0.4, -0.2) is 78.3 Å².